The van der Waals surface area contributed by atoms with Crippen LogP contribution in [0.15, 0.2) is 102 Å². The molecule has 2 aliphatic rings. The van der Waals surface area contributed by atoms with Crippen LogP contribution in [0.25, 0.3) is 0 Å². The minimum atomic E-state index is -0.330. The minimum Gasteiger partial charge on any atom is -0.489 e. The summed E-state index contributed by atoms with van der Waals surface area (Å²) in [5, 5.41) is 7.12. The summed E-state index contributed by atoms with van der Waals surface area (Å²) in [7, 11) is 0. The Bertz CT molecular complexity index is 1370. The molecule has 0 bridgehead atoms. The molecule has 6 rings (SSSR count). The number of hydrogen-bond donors (Lipinski definition) is 0. The fourth-order valence-electron chi connectivity index (χ4n) is 4.65. The van der Waals surface area contributed by atoms with E-state index in [0.717, 1.165) is 45.9 Å². The molecule has 0 amide bonds. The van der Waals surface area contributed by atoms with E-state index in [0.29, 0.717) is 6.61 Å². The molecule has 4 nitrogen and oxygen atoms in total. The second-order valence-corrected chi connectivity index (χ2v) is 9.00. The normalized spacial score (nSPS) is 18.3. The number of ether oxygens (including phenoxy) is 2. The highest BCUT2D eigenvalue weighted by molar-refractivity contribution is 6.02. The third kappa shape index (κ3) is 4.26. The number of aryl methyl sites for hydroxylation is 1. The third-order valence-electron chi connectivity index (χ3n) is 6.57. The molecule has 0 spiro atoms. The summed E-state index contributed by atoms with van der Waals surface area (Å²) in [5.41, 5.74) is 6.53. The van der Waals surface area contributed by atoms with Gasteiger partial charge in [0, 0.05) is 17.5 Å². The van der Waals surface area contributed by atoms with Crippen LogP contribution in [-0.2, 0) is 6.61 Å². The molecule has 2 heterocycles. The molecule has 0 N–H and O–H groups in total. The maximum Gasteiger partial charge on any atom is 0.213 e. The first-order chi connectivity index (χ1) is 17.1. The Balaban J connectivity index is 1.26. The molecule has 5 heteroatoms. The summed E-state index contributed by atoms with van der Waals surface area (Å²) in [5.74, 6) is 1.40. The van der Waals surface area contributed by atoms with Crippen molar-refractivity contribution in [1.29, 1.82) is 0 Å². The molecule has 0 saturated heterocycles. The maximum atomic E-state index is 13.1. The van der Waals surface area contributed by atoms with Crippen LogP contribution >= 0.6 is 0 Å². The van der Waals surface area contributed by atoms with Crippen LogP contribution < -0.4 is 9.47 Å². The molecular formula is C30H25FN2O2. The van der Waals surface area contributed by atoms with Crippen molar-refractivity contribution in [3.63, 3.8) is 0 Å². The molecular weight excluding hydrogens is 439 g/mol. The zero-order valence-corrected chi connectivity index (χ0v) is 19.4. The number of nitrogens with zero attached hydrogens (tertiary/aromatic N) is 2. The van der Waals surface area contributed by atoms with Crippen LogP contribution in [0.2, 0.25) is 0 Å². The monoisotopic (exact) mass is 464 g/mol. The van der Waals surface area contributed by atoms with Gasteiger partial charge in [0.05, 0.1) is 11.8 Å². The lowest BCUT2D eigenvalue weighted by Gasteiger charge is -2.38. The average molecular weight is 465 g/mol. The third-order valence-corrected chi connectivity index (χ3v) is 6.57. The van der Waals surface area contributed by atoms with Gasteiger partial charge in [-0.2, -0.15) is 5.10 Å². The zero-order chi connectivity index (χ0) is 23.8. The second kappa shape index (κ2) is 8.91. The largest absolute Gasteiger partial charge is 0.489 e. The van der Waals surface area contributed by atoms with Crippen LogP contribution in [0.4, 0.5) is 4.39 Å². The molecule has 0 saturated carbocycles. The summed E-state index contributed by atoms with van der Waals surface area (Å²) in [6.07, 6.45) is 0.503. The van der Waals surface area contributed by atoms with Crippen molar-refractivity contribution in [1.82, 2.24) is 5.01 Å². The summed E-state index contributed by atoms with van der Waals surface area (Å²) in [4.78, 5) is 0. The molecule has 35 heavy (non-hydrogen) atoms. The number of fused-ring (bicyclic) bond motifs is 3. The van der Waals surface area contributed by atoms with Crippen molar-refractivity contribution in [2.75, 3.05) is 0 Å². The standard InChI is InChI=1S/C30H25FN2O2/c1-20-6-10-22(11-7-20)27-18-28-26-4-2-3-5-29(26)35-30(33(28)32-27)23-12-16-25(17-13-23)34-19-21-8-14-24(31)15-9-21/h2-17,28,30H,18-19H2,1H3/t28-,30-/m0/s1. The van der Waals surface area contributed by atoms with Gasteiger partial charge in [0.2, 0.25) is 6.23 Å². The first-order valence-corrected chi connectivity index (χ1v) is 11.8. The molecule has 174 valence electrons. The van der Waals surface area contributed by atoms with Crippen LogP contribution in [0, 0.1) is 12.7 Å². The van der Waals surface area contributed by atoms with Crippen molar-refractivity contribution in [3.05, 3.63) is 131 Å². The van der Waals surface area contributed by atoms with E-state index in [1.165, 1.54) is 17.7 Å². The number of halogens is 1. The van der Waals surface area contributed by atoms with Gasteiger partial charge in [-0.15, -0.1) is 0 Å². The summed E-state index contributed by atoms with van der Waals surface area (Å²) in [6.45, 7) is 2.47. The Labute approximate surface area is 204 Å². The second-order valence-electron chi connectivity index (χ2n) is 9.00. The lowest BCUT2D eigenvalue weighted by Crippen LogP contribution is -2.33. The van der Waals surface area contributed by atoms with Gasteiger partial charge < -0.3 is 9.47 Å². The average Bonchev–Trinajstić information content (AvgIpc) is 3.34. The van der Waals surface area contributed by atoms with E-state index in [4.69, 9.17) is 14.6 Å². The lowest BCUT2D eigenvalue weighted by atomic mass is 9.95. The van der Waals surface area contributed by atoms with E-state index in [2.05, 4.69) is 48.3 Å². The highest BCUT2D eigenvalue weighted by Gasteiger charge is 2.40. The van der Waals surface area contributed by atoms with E-state index in [1.807, 2.05) is 36.4 Å². The predicted octanol–water partition coefficient (Wildman–Crippen LogP) is 6.96. The number of hydrazone groups is 1. The van der Waals surface area contributed by atoms with E-state index in [-0.39, 0.29) is 18.1 Å². The van der Waals surface area contributed by atoms with Gasteiger partial charge in [0.15, 0.2) is 0 Å². The first kappa shape index (κ1) is 21.4. The topological polar surface area (TPSA) is 34.1 Å². The molecule has 0 aliphatic carbocycles. The van der Waals surface area contributed by atoms with Gasteiger partial charge in [-0.05, 0) is 60.5 Å². The van der Waals surface area contributed by atoms with Crippen LogP contribution in [0.5, 0.6) is 11.5 Å². The summed E-state index contributed by atoms with van der Waals surface area (Å²) < 4.78 is 25.5. The van der Waals surface area contributed by atoms with Gasteiger partial charge in [-0.25, -0.2) is 9.40 Å². The zero-order valence-electron chi connectivity index (χ0n) is 19.4. The summed E-state index contributed by atoms with van der Waals surface area (Å²) >= 11 is 0. The molecule has 0 radical (unpaired) electrons. The van der Waals surface area contributed by atoms with Crippen molar-refractivity contribution >= 4 is 5.71 Å². The molecule has 2 atom stereocenters. The molecule has 0 aromatic heterocycles. The Morgan fingerprint density at radius 1 is 0.914 bits per heavy atom. The van der Waals surface area contributed by atoms with E-state index >= 15 is 0 Å². The SMILES string of the molecule is Cc1ccc(C2=NN3[C@@H](C2)c2ccccc2O[C@H]3c2ccc(OCc3ccc(F)cc3)cc2)cc1. The van der Waals surface area contributed by atoms with E-state index in [9.17, 15) is 4.39 Å². The van der Waals surface area contributed by atoms with Gasteiger partial charge in [0.1, 0.15) is 23.9 Å². The Hall–Kier alpha value is -4.12. The van der Waals surface area contributed by atoms with E-state index < -0.39 is 0 Å². The van der Waals surface area contributed by atoms with E-state index in [1.54, 1.807) is 12.1 Å². The van der Waals surface area contributed by atoms with Crippen molar-refractivity contribution in [2.24, 2.45) is 5.10 Å². The fourth-order valence-corrected chi connectivity index (χ4v) is 4.65. The molecule has 2 aliphatic heterocycles. The van der Waals surface area contributed by atoms with Crippen molar-refractivity contribution < 1.29 is 13.9 Å². The summed E-state index contributed by atoms with van der Waals surface area (Å²) in [6, 6.07) is 31.2. The predicted molar refractivity (Wildman–Crippen MR) is 134 cm³/mol. The van der Waals surface area contributed by atoms with Gasteiger partial charge in [0.25, 0.3) is 0 Å². The quantitative estimate of drug-likeness (QED) is 0.320. The van der Waals surface area contributed by atoms with Crippen molar-refractivity contribution in [2.45, 2.75) is 32.2 Å². The Kier molecular flexibility index (Phi) is 5.45. The van der Waals surface area contributed by atoms with Crippen LogP contribution in [0.3, 0.4) is 0 Å². The molecule has 0 fully saturated rings. The number of para-hydroxylation sites is 1. The number of hydrogen-bond acceptors (Lipinski definition) is 4. The number of rotatable bonds is 5. The van der Waals surface area contributed by atoms with Gasteiger partial charge >= 0.3 is 0 Å². The molecule has 4 aromatic carbocycles. The van der Waals surface area contributed by atoms with Crippen molar-refractivity contribution in [3.8, 4) is 11.5 Å². The van der Waals surface area contributed by atoms with Crippen LogP contribution in [0.1, 0.15) is 46.5 Å². The highest BCUT2D eigenvalue weighted by Crippen LogP contribution is 2.47. The van der Waals surface area contributed by atoms with Gasteiger partial charge in [-0.3, -0.25) is 0 Å². The highest BCUT2D eigenvalue weighted by atomic mass is 19.1. The Morgan fingerprint density at radius 2 is 1.66 bits per heavy atom. The first-order valence-electron chi connectivity index (χ1n) is 11.8. The molecule has 4 aromatic rings. The lowest BCUT2D eigenvalue weighted by molar-refractivity contribution is -0.0190. The smallest absolute Gasteiger partial charge is 0.213 e. The van der Waals surface area contributed by atoms with Crippen LogP contribution in [-0.4, -0.2) is 10.7 Å². The maximum absolute atomic E-state index is 13.1. The number of benzene rings is 4. The Morgan fingerprint density at radius 3 is 2.43 bits per heavy atom. The minimum absolute atomic E-state index is 0.121. The molecule has 0 unspecified atom stereocenters. The fraction of sp³-hybridized carbons (Fsp3) is 0.167. The van der Waals surface area contributed by atoms with Gasteiger partial charge in [-0.1, -0.05) is 60.2 Å².